The molecular weight excluding hydrogens is 236 g/mol. The fourth-order valence-electron chi connectivity index (χ4n) is 0.194. The largest absolute Gasteiger partial charge is 2.00 e. The van der Waals surface area contributed by atoms with Gasteiger partial charge in [0.1, 0.15) is 6.10 Å². The molecule has 0 bridgehead atoms. The van der Waals surface area contributed by atoms with Gasteiger partial charge in [-0.15, -0.1) is 0 Å². The summed E-state index contributed by atoms with van der Waals surface area (Å²) >= 11 is 0. The van der Waals surface area contributed by atoms with Crippen molar-refractivity contribution < 1.29 is 35.1 Å². The van der Waals surface area contributed by atoms with Gasteiger partial charge in [0.05, 0.1) is 25.2 Å². The van der Waals surface area contributed by atoms with E-state index in [2.05, 4.69) is 0 Å². The summed E-state index contributed by atoms with van der Waals surface area (Å²) < 4.78 is 0. The third kappa shape index (κ3) is 24.8. The zero-order valence-electron chi connectivity index (χ0n) is 7.83. The average Bonchev–Trinajstić information content (AvgIpc) is 2.14. The number of carboxylic acid groups (broad SMARTS) is 2. The van der Waals surface area contributed by atoms with Gasteiger partial charge in [0.25, 0.3) is 0 Å². The Kier molecular flexibility index (Phi) is 18.7. The third-order valence-electron chi connectivity index (χ3n) is 0.777. The van der Waals surface area contributed by atoms with E-state index < -0.39 is 18.0 Å². The first-order chi connectivity index (χ1) is 6.43. The van der Waals surface area contributed by atoms with Crippen LogP contribution in [0.2, 0.25) is 0 Å². The van der Waals surface area contributed by atoms with Crippen LogP contribution in [-0.4, -0.2) is 84.3 Å². The fraction of sp³-hybridized carbons (Fsp3) is 0.429. The van der Waals surface area contributed by atoms with Crippen LogP contribution in [0, 0.1) is 0 Å². The summed E-state index contributed by atoms with van der Waals surface area (Å²) in [4.78, 5) is 18.8. The molecule has 0 spiro atoms. The van der Waals surface area contributed by atoms with Crippen molar-refractivity contribution in [3.63, 3.8) is 0 Å². The standard InChI is InChI=1S/C4H4O4.C3H8O3.Ca/c5-3(6)1-2-4(7)8;4-1-3(6)2-5;/h1-2H,(H,5,6)(H,7,8);3-6H,1-2H2;/q;;+2/p-2/b2-1-;;. The van der Waals surface area contributed by atoms with Crippen molar-refractivity contribution in [2.24, 2.45) is 0 Å². The van der Waals surface area contributed by atoms with E-state index in [0.717, 1.165) is 0 Å². The molecule has 7 nitrogen and oxygen atoms in total. The predicted octanol–water partition coefficient (Wildman–Crippen LogP) is -5.01. The second-order valence-corrected chi connectivity index (χ2v) is 1.99. The molecule has 0 aromatic heterocycles. The Labute approximate surface area is 116 Å². The van der Waals surface area contributed by atoms with Crippen LogP contribution >= 0.6 is 0 Å². The van der Waals surface area contributed by atoms with Gasteiger partial charge in [-0.25, -0.2) is 0 Å². The number of hydrogen-bond acceptors (Lipinski definition) is 7. The quantitative estimate of drug-likeness (QED) is 0.333. The number of carbonyl (C=O) groups excluding carboxylic acids is 2. The Balaban J connectivity index is -0.000000187. The summed E-state index contributed by atoms with van der Waals surface area (Å²) in [5.74, 6) is -3.09. The molecular formula is C7H10CaO7. The van der Waals surface area contributed by atoms with E-state index in [0.29, 0.717) is 12.2 Å². The number of carbonyl (C=O) groups is 2. The van der Waals surface area contributed by atoms with E-state index in [1.165, 1.54) is 0 Å². The van der Waals surface area contributed by atoms with Crippen LogP contribution in [0.25, 0.3) is 0 Å². The van der Waals surface area contributed by atoms with Crippen LogP contribution < -0.4 is 10.2 Å². The van der Waals surface area contributed by atoms with Crippen LogP contribution in [0.15, 0.2) is 12.2 Å². The van der Waals surface area contributed by atoms with E-state index in [1.54, 1.807) is 0 Å². The van der Waals surface area contributed by atoms with E-state index in [4.69, 9.17) is 15.3 Å². The molecule has 0 aliphatic heterocycles. The minimum Gasteiger partial charge on any atom is -0.545 e. The second-order valence-electron chi connectivity index (χ2n) is 1.99. The molecule has 0 atom stereocenters. The molecule has 8 heteroatoms. The zero-order chi connectivity index (χ0) is 11.6. The van der Waals surface area contributed by atoms with Crippen molar-refractivity contribution in [2.75, 3.05) is 13.2 Å². The summed E-state index contributed by atoms with van der Waals surface area (Å²) in [6, 6.07) is 0. The predicted molar refractivity (Wildman–Crippen MR) is 45.1 cm³/mol. The number of aliphatic carboxylic acids is 2. The minimum atomic E-state index is -1.55. The number of aliphatic hydroxyl groups is 3. The van der Waals surface area contributed by atoms with Gasteiger partial charge in [-0.05, 0) is 12.2 Å². The topological polar surface area (TPSA) is 141 Å². The minimum absolute atomic E-state index is 0. The molecule has 0 aliphatic carbocycles. The molecule has 0 rings (SSSR count). The van der Waals surface area contributed by atoms with E-state index in [-0.39, 0.29) is 51.0 Å². The number of hydrogen-bond donors (Lipinski definition) is 3. The molecule has 0 unspecified atom stereocenters. The van der Waals surface area contributed by atoms with Crippen molar-refractivity contribution in [3.05, 3.63) is 12.2 Å². The maximum atomic E-state index is 9.41. The molecule has 0 aliphatic rings. The van der Waals surface area contributed by atoms with Crippen LogP contribution in [0.1, 0.15) is 0 Å². The fourth-order valence-corrected chi connectivity index (χ4v) is 0.194. The van der Waals surface area contributed by atoms with Crippen molar-refractivity contribution >= 4 is 49.7 Å². The van der Waals surface area contributed by atoms with Crippen molar-refractivity contribution in [1.82, 2.24) is 0 Å². The first kappa shape index (κ1) is 20.3. The van der Waals surface area contributed by atoms with Crippen LogP contribution in [0.5, 0.6) is 0 Å². The smallest absolute Gasteiger partial charge is 0.545 e. The first-order valence-electron chi connectivity index (χ1n) is 3.43. The molecule has 0 radical (unpaired) electrons. The van der Waals surface area contributed by atoms with Crippen LogP contribution in [-0.2, 0) is 9.59 Å². The van der Waals surface area contributed by atoms with Crippen LogP contribution in [0.4, 0.5) is 0 Å². The molecule has 0 aromatic carbocycles. The Bertz CT molecular complexity index is 184. The third-order valence-corrected chi connectivity index (χ3v) is 0.777. The van der Waals surface area contributed by atoms with Gasteiger partial charge < -0.3 is 35.1 Å². The Morgan fingerprint density at radius 1 is 1.07 bits per heavy atom. The SMILES string of the molecule is O=C([O-])/C=C\C(=O)[O-].OCC(O)CO.[Ca+2]. The van der Waals surface area contributed by atoms with Crippen molar-refractivity contribution in [2.45, 2.75) is 6.10 Å². The van der Waals surface area contributed by atoms with Crippen LogP contribution in [0.3, 0.4) is 0 Å². The normalized spacial score (nSPS) is 9.07. The Hall–Kier alpha value is -0.180. The van der Waals surface area contributed by atoms with Gasteiger partial charge in [0.2, 0.25) is 0 Å². The molecule has 82 valence electrons. The maximum absolute atomic E-state index is 9.41. The van der Waals surface area contributed by atoms with Crippen molar-refractivity contribution in [1.29, 1.82) is 0 Å². The van der Waals surface area contributed by atoms with E-state index >= 15 is 0 Å². The van der Waals surface area contributed by atoms with Gasteiger partial charge in [0, 0.05) is 0 Å². The van der Waals surface area contributed by atoms with Gasteiger partial charge in [-0.2, -0.15) is 0 Å². The molecule has 0 heterocycles. The Morgan fingerprint density at radius 3 is 1.40 bits per heavy atom. The monoisotopic (exact) mass is 246 g/mol. The second kappa shape index (κ2) is 13.8. The van der Waals surface area contributed by atoms with E-state index in [9.17, 15) is 19.8 Å². The summed E-state index contributed by atoms with van der Waals surface area (Å²) in [5.41, 5.74) is 0. The molecule has 0 saturated carbocycles. The number of aliphatic hydroxyl groups excluding tert-OH is 3. The summed E-state index contributed by atoms with van der Waals surface area (Å²) in [7, 11) is 0. The van der Waals surface area contributed by atoms with E-state index in [1.807, 2.05) is 0 Å². The molecule has 0 saturated heterocycles. The summed E-state index contributed by atoms with van der Waals surface area (Å²) in [5, 5.41) is 42.8. The van der Waals surface area contributed by atoms with Crippen molar-refractivity contribution in [3.8, 4) is 0 Å². The average molecular weight is 246 g/mol. The molecule has 0 fully saturated rings. The van der Waals surface area contributed by atoms with Gasteiger partial charge >= 0.3 is 37.7 Å². The first-order valence-corrected chi connectivity index (χ1v) is 3.43. The number of carboxylic acids is 2. The summed E-state index contributed by atoms with van der Waals surface area (Å²) in [6.07, 6.45) is -0.185. The molecule has 15 heavy (non-hydrogen) atoms. The molecule has 3 N–H and O–H groups in total. The summed E-state index contributed by atoms with van der Waals surface area (Å²) in [6.45, 7) is -0.729. The molecule has 0 amide bonds. The zero-order valence-corrected chi connectivity index (χ0v) is 10.0. The van der Waals surface area contributed by atoms with Gasteiger partial charge in [-0.3, -0.25) is 0 Å². The van der Waals surface area contributed by atoms with Gasteiger partial charge in [0.15, 0.2) is 0 Å². The number of rotatable bonds is 4. The Morgan fingerprint density at radius 2 is 1.33 bits per heavy atom. The molecule has 0 aromatic rings. The maximum Gasteiger partial charge on any atom is 2.00 e. The van der Waals surface area contributed by atoms with Gasteiger partial charge in [-0.1, -0.05) is 0 Å².